The van der Waals surface area contributed by atoms with Crippen LogP contribution in [0.25, 0.3) is 0 Å². The molecular weight excluding hydrogens is 218 g/mol. The Kier molecular flexibility index (Phi) is 3.52. The average Bonchev–Trinajstić information content (AvgIpc) is 2.26. The number of hydrogen-bond donors (Lipinski definition) is 1. The summed E-state index contributed by atoms with van der Waals surface area (Å²) in [7, 11) is 0. The third-order valence-electron chi connectivity index (χ3n) is 4.18. The largest absolute Gasteiger partial charge is 0.389 e. The number of rotatable bonds is 2. The lowest BCUT2D eigenvalue weighted by atomic mass is 9.71. The molecule has 0 aromatic heterocycles. The van der Waals surface area contributed by atoms with Gasteiger partial charge >= 0.3 is 0 Å². The van der Waals surface area contributed by atoms with Gasteiger partial charge in [-0.05, 0) is 26.2 Å². The maximum atomic E-state index is 11.8. The summed E-state index contributed by atoms with van der Waals surface area (Å²) in [4.78, 5) is 24.5. The molecule has 2 unspecified atom stereocenters. The van der Waals surface area contributed by atoms with Gasteiger partial charge in [-0.3, -0.25) is 9.59 Å². The van der Waals surface area contributed by atoms with E-state index >= 15 is 0 Å². The predicted octanol–water partition coefficient (Wildman–Crippen LogP) is 1.12. The molecule has 0 aromatic rings. The van der Waals surface area contributed by atoms with Gasteiger partial charge in [0, 0.05) is 19.0 Å². The molecule has 17 heavy (non-hydrogen) atoms. The van der Waals surface area contributed by atoms with Gasteiger partial charge < -0.3 is 10.0 Å². The van der Waals surface area contributed by atoms with E-state index < -0.39 is 5.60 Å². The fourth-order valence-corrected chi connectivity index (χ4v) is 3.12. The van der Waals surface area contributed by atoms with Gasteiger partial charge in [-0.15, -0.1) is 0 Å². The number of piperidine rings is 1. The Hall–Kier alpha value is -0.900. The Balaban J connectivity index is 1.97. The normalized spacial score (nSPS) is 33.1. The quantitative estimate of drug-likeness (QED) is 0.735. The fourth-order valence-electron chi connectivity index (χ4n) is 3.12. The van der Waals surface area contributed by atoms with Crippen LogP contribution in [0.1, 0.15) is 45.4 Å². The zero-order chi connectivity index (χ0) is 12.5. The second-order valence-electron chi connectivity index (χ2n) is 5.51. The Morgan fingerprint density at radius 1 is 1.35 bits per heavy atom. The minimum atomic E-state index is -0.550. The van der Waals surface area contributed by atoms with E-state index in [1.807, 2.05) is 0 Å². The highest BCUT2D eigenvalue weighted by atomic mass is 16.3. The summed E-state index contributed by atoms with van der Waals surface area (Å²) in [6.45, 7) is 2.67. The Morgan fingerprint density at radius 2 is 2.12 bits per heavy atom. The van der Waals surface area contributed by atoms with Crippen LogP contribution in [-0.4, -0.2) is 40.4 Å². The van der Waals surface area contributed by atoms with Crippen molar-refractivity contribution in [3.63, 3.8) is 0 Å². The third-order valence-corrected chi connectivity index (χ3v) is 4.18. The summed E-state index contributed by atoms with van der Waals surface area (Å²) in [5, 5.41) is 10.5. The molecule has 2 aliphatic rings. The van der Waals surface area contributed by atoms with E-state index in [-0.39, 0.29) is 24.0 Å². The number of carbonyl (C=O) groups is 2. The van der Waals surface area contributed by atoms with E-state index in [0.717, 1.165) is 25.7 Å². The van der Waals surface area contributed by atoms with Crippen molar-refractivity contribution in [2.45, 2.75) is 51.0 Å². The number of Topliss-reactive ketones (excluding diaryl/α,β-unsaturated/α-hetero) is 1. The second-order valence-corrected chi connectivity index (χ2v) is 5.51. The number of hydrogen-bond acceptors (Lipinski definition) is 3. The topological polar surface area (TPSA) is 57.6 Å². The maximum absolute atomic E-state index is 11.8. The molecule has 96 valence electrons. The monoisotopic (exact) mass is 239 g/mol. The molecule has 1 N–H and O–H groups in total. The SMILES string of the molecule is CC(=O)CC(=O)N1CCC2(O)CCCCC2C1. The first-order valence-electron chi connectivity index (χ1n) is 6.51. The average molecular weight is 239 g/mol. The molecule has 0 radical (unpaired) electrons. The van der Waals surface area contributed by atoms with E-state index in [2.05, 4.69) is 0 Å². The van der Waals surface area contributed by atoms with Crippen molar-refractivity contribution in [2.75, 3.05) is 13.1 Å². The van der Waals surface area contributed by atoms with Crippen molar-refractivity contribution in [3.8, 4) is 0 Å². The van der Waals surface area contributed by atoms with Gasteiger partial charge in [0.2, 0.25) is 5.91 Å². The second kappa shape index (κ2) is 4.77. The lowest BCUT2D eigenvalue weighted by Gasteiger charge is -2.47. The predicted molar refractivity (Wildman–Crippen MR) is 63.4 cm³/mol. The molecule has 2 fully saturated rings. The summed E-state index contributed by atoms with van der Waals surface area (Å²) in [6.07, 6.45) is 4.77. The minimum absolute atomic E-state index is 0.00511. The van der Waals surface area contributed by atoms with Crippen molar-refractivity contribution in [2.24, 2.45) is 5.92 Å². The molecule has 0 bridgehead atoms. The molecular formula is C13H21NO3. The van der Waals surface area contributed by atoms with Crippen molar-refractivity contribution >= 4 is 11.7 Å². The first-order chi connectivity index (χ1) is 8.01. The van der Waals surface area contributed by atoms with Crippen LogP contribution in [0.5, 0.6) is 0 Å². The van der Waals surface area contributed by atoms with E-state index in [1.54, 1.807) is 4.90 Å². The van der Waals surface area contributed by atoms with E-state index in [9.17, 15) is 14.7 Å². The smallest absolute Gasteiger partial charge is 0.230 e. The van der Waals surface area contributed by atoms with Gasteiger partial charge in [-0.1, -0.05) is 12.8 Å². The highest BCUT2D eigenvalue weighted by Crippen LogP contribution is 2.39. The molecule has 1 saturated heterocycles. The molecule has 2 rings (SSSR count). The van der Waals surface area contributed by atoms with Crippen LogP contribution in [-0.2, 0) is 9.59 Å². The molecule has 1 amide bonds. The molecule has 1 heterocycles. The van der Waals surface area contributed by atoms with Crippen molar-refractivity contribution in [1.29, 1.82) is 0 Å². The van der Waals surface area contributed by atoms with E-state index in [4.69, 9.17) is 0 Å². The summed E-state index contributed by atoms with van der Waals surface area (Å²) in [5.41, 5.74) is -0.550. The van der Waals surface area contributed by atoms with Crippen molar-refractivity contribution in [1.82, 2.24) is 4.90 Å². The van der Waals surface area contributed by atoms with Crippen molar-refractivity contribution in [3.05, 3.63) is 0 Å². The summed E-state index contributed by atoms with van der Waals surface area (Å²) in [6, 6.07) is 0. The molecule has 2 atom stereocenters. The van der Waals surface area contributed by atoms with E-state index in [1.165, 1.54) is 6.92 Å². The molecule has 1 aliphatic carbocycles. The van der Waals surface area contributed by atoms with Crippen LogP contribution >= 0.6 is 0 Å². The Morgan fingerprint density at radius 3 is 2.82 bits per heavy atom. The third kappa shape index (κ3) is 2.68. The van der Waals surface area contributed by atoms with Gasteiger partial charge in [0.25, 0.3) is 0 Å². The summed E-state index contributed by atoms with van der Waals surface area (Å²) >= 11 is 0. The fraction of sp³-hybridized carbons (Fsp3) is 0.846. The summed E-state index contributed by atoms with van der Waals surface area (Å²) < 4.78 is 0. The number of ketones is 1. The molecule has 4 nitrogen and oxygen atoms in total. The van der Waals surface area contributed by atoms with Gasteiger partial charge in [-0.25, -0.2) is 0 Å². The Bertz CT molecular complexity index is 329. The number of carbonyl (C=O) groups excluding carboxylic acids is 2. The first-order valence-corrected chi connectivity index (χ1v) is 6.51. The van der Waals surface area contributed by atoms with Crippen LogP contribution in [0.4, 0.5) is 0 Å². The zero-order valence-corrected chi connectivity index (χ0v) is 10.4. The standard InChI is InChI=1S/C13H21NO3/c1-10(15)8-12(16)14-7-6-13(17)5-3-2-4-11(13)9-14/h11,17H,2-9H2,1H3. The van der Waals surface area contributed by atoms with Gasteiger partial charge in [-0.2, -0.15) is 0 Å². The number of fused-ring (bicyclic) bond motifs is 1. The van der Waals surface area contributed by atoms with Crippen molar-refractivity contribution < 1.29 is 14.7 Å². The van der Waals surface area contributed by atoms with Crippen LogP contribution in [0, 0.1) is 5.92 Å². The molecule has 1 aliphatic heterocycles. The number of likely N-dealkylation sites (tertiary alicyclic amines) is 1. The van der Waals surface area contributed by atoms with Crippen LogP contribution < -0.4 is 0 Å². The lowest BCUT2D eigenvalue weighted by molar-refractivity contribution is -0.145. The van der Waals surface area contributed by atoms with Crippen LogP contribution in [0.2, 0.25) is 0 Å². The molecule has 1 saturated carbocycles. The molecule has 4 heteroatoms. The molecule has 0 aromatic carbocycles. The Labute approximate surface area is 102 Å². The van der Waals surface area contributed by atoms with E-state index in [0.29, 0.717) is 19.5 Å². The van der Waals surface area contributed by atoms with Crippen LogP contribution in [0.3, 0.4) is 0 Å². The van der Waals surface area contributed by atoms with Gasteiger partial charge in [0.05, 0.1) is 12.0 Å². The highest BCUT2D eigenvalue weighted by Gasteiger charge is 2.43. The number of aliphatic hydroxyl groups is 1. The van der Waals surface area contributed by atoms with Gasteiger partial charge in [0.1, 0.15) is 5.78 Å². The molecule has 0 spiro atoms. The van der Waals surface area contributed by atoms with Crippen LogP contribution in [0.15, 0.2) is 0 Å². The lowest BCUT2D eigenvalue weighted by Crippen LogP contribution is -2.54. The maximum Gasteiger partial charge on any atom is 0.230 e. The zero-order valence-electron chi connectivity index (χ0n) is 10.4. The minimum Gasteiger partial charge on any atom is -0.389 e. The number of amides is 1. The number of nitrogens with zero attached hydrogens (tertiary/aromatic N) is 1. The van der Waals surface area contributed by atoms with Gasteiger partial charge in [0.15, 0.2) is 0 Å². The highest BCUT2D eigenvalue weighted by molar-refractivity contribution is 5.96. The summed E-state index contributed by atoms with van der Waals surface area (Å²) in [5.74, 6) is 0.0468. The first kappa shape index (κ1) is 12.6.